The smallest absolute Gasteiger partial charge is 0.419 e. The number of hydrogen-bond donors (Lipinski definition) is 0. The van der Waals surface area contributed by atoms with E-state index in [0.29, 0.717) is 15.6 Å². The standard InChI is InChI=1S/C25H24BrN5O5/c1-6-7-12-29-19-20(27-22(29)26)28(5)23(34)31(21(19)33)14-17(32)16-10-8-9-15-11-13-30(18(15)16)24(35)36-25(2,3)4/h8-11,13H,12,14H2,1-5H3. The zero-order valence-corrected chi connectivity index (χ0v) is 22.0. The summed E-state index contributed by atoms with van der Waals surface area (Å²) in [6.45, 7) is 6.57. The van der Waals surface area contributed by atoms with Crippen molar-refractivity contribution in [1.29, 1.82) is 0 Å². The largest absolute Gasteiger partial charge is 0.443 e. The van der Waals surface area contributed by atoms with Crippen molar-refractivity contribution in [1.82, 2.24) is 23.3 Å². The fourth-order valence-corrected chi connectivity index (χ4v) is 4.37. The Kier molecular flexibility index (Phi) is 6.49. The fraction of sp³-hybridized carbons (Fsp3) is 0.320. The van der Waals surface area contributed by atoms with E-state index in [1.54, 1.807) is 56.5 Å². The molecule has 36 heavy (non-hydrogen) atoms. The Bertz CT molecular complexity index is 1720. The first kappa shape index (κ1) is 25.2. The van der Waals surface area contributed by atoms with Crippen molar-refractivity contribution in [3.8, 4) is 11.8 Å². The minimum Gasteiger partial charge on any atom is -0.443 e. The first-order chi connectivity index (χ1) is 16.9. The number of ketones is 1. The van der Waals surface area contributed by atoms with Gasteiger partial charge in [0.2, 0.25) is 0 Å². The summed E-state index contributed by atoms with van der Waals surface area (Å²) in [6.07, 6.45) is 0.885. The van der Waals surface area contributed by atoms with Crippen molar-refractivity contribution < 1.29 is 14.3 Å². The number of hydrogen-bond acceptors (Lipinski definition) is 6. The van der Waals surface area contributed by atoms with Crippen LogP contribution >= 0.6 is 15.9 Å². The highest BCUT2D eigenvalue weighted by molar-refractivity contribution is 9.10. The molecule has 0 amide bonds. The van der Waals surface area contributed by atoms with Crippen molar-refractivity contribution in [2.45, 2.75) is 46.4 Å². The SMILES string of the molecule is CC#CCn1c(Br)nc2c1c(=O)n(CC(=O)c1cccc3ccn(C(=O)OC(C)(C)C)c13)c(=O)n2C. The number of para-hydroxylation sites is 1. The third kappa shape index (κ3) is 4.40. The molecule has 0 aliphatic heterocycles. The maximum Gasteiger partial charge on any atom is 0.419 e. The maximum absolute atomic E-state index is 13.5. The Balaban J connectivity index is 1.84. The van der Waals surface area contributed by atoms with Gasteiger partial charge in [0.15, 0.2) is 21.7 Å². The van der Waals surface area contributed by atoms with Gasteiger partial charge in [-0.3, -0.25) is 23.3 Å². The Morgan fingerprint density at radius 2 is 1.83 bits per heavy atom. The highest BCUT2D eigenvalue weighted by atomic mass is 79.9. The van der Waals surface area contributed by atoms with E-state index >= 15 is 0 Å². The molecule has 186 valence electrons. The predicted octanol–water partition coefficient (Wildman–Crippen LogP) is 3.30. The number of imidazole rings is 1. The van der Waals surface area contributed by atoms with E-state index in [4.69, 9.17) is 4.74 Å². The van der Waals surface area contributed by atoms with Gasteiger partial charge in [0, 0.05) is 24.2 Å². The molecular formula is C25H24BrN5O5. The summed E-state index contributed by atoms with van der Waals surface area (Å²) >= 11 is 3.32. The highest BCUT2D eigenvalue weighted by Crippen LogP contribution is 2.23. The molecule has 0 N–H and O–H groups in total. The normalized spacial score (nSPS) is 11.5. The first-order valence-corrected chi connectivity index (χ1v) is 11.9. The summed E-state index contributed by atoms with van der Waals surface area (Å²) in [5.41, 5.74) is -1.23. The van der Waals surface area contributed by atoms with Crippen LogP contribution in [-0.2, 0) is 24.9 Å². The third-order valence-corrected chi connectivity index (χ3v) is 6.11. The molecular weight excluding hydrogens is 530 g/mol. The molecule has 0 spiro atoms. The van der Waals surface area contributed by atoms with Gasteiger partial charge in [-0.05, 0) is 55.8 Å². The molecule has 11 heteroatoms. The summed E-state index contributed by atoms with van der Waals surface area (Å²) in [6, 6.07) is 6.68. The molecule has 0 atom stereocenters. The summed E-state index contributed by atoms with van der Waals surface area (Å²) in [5.74, 6) is 5.13. The minimum atomic E-state index is -0.735. The van der Waals surface area contributed by atoms with Crippen LogP contribution in [0.5, 0.6) is 0 Å². The number of ether oxygens (including phenoxy) is 1. The number of carbonyl (C=O) groups is 2. The number of halogens is 1. The molecule has 4 aromatic rings. The van der Waals surface area contributed by atoms with Gasteiger partial charge in [0.25, 0.3) is 5.56 Å². The molecule has 3 aromatic heterocycles. The second-order valence-corrected chi connectivity index (χ2v) is 9.84. The molecule has 0 fully saturated rings. The lowest BCUT2D eigenvalue weighted by atomic mass is 10.1. The topological polar surface area (TPSA) is 110 Å². The van der Waals surface area contributed by atoms with E-state index in [2.05, 4.69) is 32.8 Å². The van der Waals surface area contributed by atoms with Gasteiger partial charge in [-0.2, -0.15) is 0 Å². The van der Waals surface area contributed by atoms with Crippen molar-refractivity contribution in [3.05, 3.63) is 61.6 Å². The van der Waals surface area contributed by atoms with Crippen LogP contribution in [0.25, 0.3) is 22.1 Å². The van der Waals surface area contributed by atoms with E-state index < -0.39 is 35.3 Å². The van der Waals surface area contributed by atoms with E-state index in [1.165, 1.54) is 22.4 Å². The lowest BCUT2D eigenvalue weighted by Crippen LogP contribution is -2.41. The number of rotatable bonds is 4. The van der Waals surface area contributed by atoms with Gasteiger partial charge < -0.3 is 9.30 Å². The van der Waals surface area contributed by atoms with E-state index in [9.17, 15) is 19.2 Å². The average Bonchev–Trinajstić information content (AvgIpc) is 3.39. The second-order valence-electron chi connectivity index (χ2n) is 9.13. The number of aromatic nitrogens is 5. The van der Waals surface area contributed by atoms with Gasteiger partial charge in [0.1, 0.15) is 5.60 Å². The lowest BCUT2D eigenvalue weighted by Gasteiger charge is -2.20. The quantitative estimate of drug-likeness (QED) is 0.218. The number of benzene rings is 1. The van der Waals surface area contributed by atoms with Crippen molar-refractivity contribution in [3.63, 3.8) is 0 Å². The predicted molar refractivity (Wildman–Crippen MR) is 138 cm³/mol. The van der Waals surface area contributed by atoms with Crippen molar-refractivity contribution in [2.24, 2.45) is 7.05 Å². The van der Waals surface area contributed by atoms with Crippen LogP contribution in [0.15, 0.2) is 44.8 Å². The molecule has 0 saturated heterocycles. The van der Waals surface area contributed by atoms with Gasteiger partial charge in [0.05, 0.1) is 18.6 Å². The Morgan fingerprint density at radius 1 is 1.11 bits per heavy atom. The average molecular weight is 554 g/mol. The molecule has 1 aromatic carbocycles. The zero-order chi connectivity index (χ0) is 26.4. The van der Waals surface area contributed by atoms with Crippen molar-refractivity contribution in [2.75, 3.05) is 0 Å². The maximum atomic E-state index is 13.5. The van der Waals surface area contributed by atoms with Gasteiger partial charge in [-0.25, -0.2) is 14.6 Å². The van der Waals surface area contributed by atoms with E-state index in [0.717, 1.165) is 4.57 Å². The molecule has 4 rings (SSSR count). The van der Waals surface area contributed by atoms with Crippen LogP contribution in [0.4, 0.5) is 4.79 Å². The van der Waals surface area contributed by atoms with Gasteiger partial charge in [-0.1, -0.05) is 18.1 Å². The van der Waals surface area contributed by atoms with Crippen LogP contribution < -0.4 is 11.2 Å². The number of Topliss-reactive ketones (excluding diaryl/α,β-unsaturated/α-hetero) is 1. The lowest BCUT2D eigenvalue weighted by molar-refractivity contribution is 0.0544. The molecule has 0 aliphatic rings. The summed E-state index contributed by atoms with van der Waals surface area (Å²) in [7, 11) is 1.48. The van der Waals surface area contributed by atoms with Crippen LogP contribution in [0, 0.1) is 11.8 Å². The van der Waals surface area contributed by atoms with E-state index in [-0.39, 0.29) is 23.3 Å². The Morgan fingerprint density at radius 3 is 2.50 bits per heavy atom. The van der Waals surface area contributed by atoms with Crippen LogP contribution in [0.3, 0.4) is 0 Å². The minimum absolute atomic E-state index is 0.148. The highest BCUT2D eigenvalue weighted by Gasteiger charge is 2.24. The summed E-state index contributed by atoms with van der Waals surface area (Å²) < 4.78 is 10.7. The number of fused-ring (bicyclic) bond motifs is 2. The second kappa shape index (κ2) is 9.28. The third-order valence-electron chi connectivity index (χ3n) is 5.50. The molecule has 0 bridgehead atoms. The zero-order valence-electron chi connectivity index (χ0n) is 20.5. The number of carbonyl (C=O) groups excluding carboxylic acids is 2. The van der Waals surface area contributed by atoms with Crippen molar-refractivity contribution >= 4 is 49.9 Å². The molecule has 0 unspecified atom stereocenters. The summed E-state index contributed by atoms with van der Waals surface area (Å²) in [4.78, 5) is 57.0. The summed E-state index contributed by atoms with van der Waals surface area (Å²) in [5, 5.41) is 0.641. The first-order valence-electron chi connectivity index (χ1n) is 11.1. The van der Waals surface area contributed by atoms with Gasteiger partial charge >= 0.3 is 11.8 Å². The Hall–Kier alpha value is -3.91. The monoisotopic (exact) mass is 553 g/mol. The van der Waals surface area contributed by atoms with Gasteiger partial charge in [-0.15, -0.1) is 5.92 Å². The fourth-order valence-electron chi connectivity index (χ4n) is 3.90. The van der Waals surface area contributed by atoms with E-state index in [1.807, 2.05) is 0 Å². The Labute approximate surface area is 214 Å². The molecule has 3 heterocycles. The molecule has 0 radical (unpaired) electrons. The molecule has 0 saturated carbocycles. The van der Waals surface area contributed by atoms with Crippen LogP contribution in [0.2, 0.25) is 0 Å². The number of nitrogens with zero attached hydrogens (tertiary/aromatic N) is 5. The van der Waals surface area contributed by atoms with Crippen LogP contribution in [0.1, 0.15) is 38.1 Å². The molecule has 0 aliphatic carbocycles. The number of aryl methyl sites for hydroxylation is 1. The molecule has 10 nitrogen and oxygen atoms in total. The van der Waals surface area contributed by atoms with Crippen LogP contribution in [-0.4, -0.2) is 40.7 Å².